The highest BCUT2D eigenvalue weighted by Gasteiger charge is 2.06. The van der Waals surface area contributed by atoms with Gasteiger partial charge in [-0.25, -0.2) is 0 Å². The number of ketones is 1. The van der Waals surface area contributed by atoms with E-state index in [0.29, 0.717) is 17.3 Å². The number of nitrogens with zero attached hydrogens (tertiary/aromatic N) is 3. The zero-order valence-electron chi connectivity index (χ0n) is 14.4. The molecule has 0 unspecified atom stereocenters. The van der Waals surface area contributed by atoms with Crippen molar-refractivity contribution >= 4 is 28.9 Å². The predicted octanol–water partition coefficient (Wildman–Crippen LogP) is 4.18. The van der Waals surface area contributed by atoms with Crippen molar-refractivity contribution in [3.05, 3.63) is 65.4 Å². The highest BCUT2D eigenvalue weighted by molar-refractivity contribution is 5.95. The van der Waals surface area contributed by atoms with Gasteiger partial charge in [0, 0.05) is 16.9 Å². The van der Waals surface area contributed by atoms with E-state index in [-0.39, 0.29) is 5.78 Å². The van der Waals surface area contributed by atoms with E-state index in [1.165, 1.54) is 12.5 Å². The molecule has 0 aliphatic carbocycles. The van der Waals surface area contributed by atoms with Crippen molar-refractivity contribution in [2.75, 3.05) is 10.6 Å². The first-order valence-electron chi connectivity index (χ1n) is 7.94. The third kappa shape index (κ3) is 3.98. The van der Waals surface area contributed by atoms with Gasteiger partial charge in [0.15, 0.2) is 11.6 Å². The van der Waals surface area contributed by atoms with Crippen molar-refractivity contribution in [2.24, 2.45) is 0 Å². The van der Waals surface area contributed by atoms with Gasteiger partial charge in [-0.1, -0.05) is 24.3 Å². The largest absolute Gasteiger partial charge is 0.339 e. The zero-order chi connectivity index (χ0) is 17.8. The first-order valence-corrected chi connectivity index (χ1v) is 7.94. The van der Waals surface area contributed by atoms with Gasteiger partial charge in [-0.3, -0.25) is 4.79 Å². The fraction of sp³-hybridized carbons (Fsp3) is 0.158. The molecule has 2 N–H and O–H groups in total. The summed E-state index contributed by atoms with van der Waals surface area (Å²) in [5.41, 5.74) is 4.70. The van der Waals surface area contributed by atoms with Crippen molar-refractivity contribution in [3.63, 3.8) is 0 Å². The number of aromatic nitrogens is 3. The van der Waals surface area contributed by atoms with E-state index in [0.717, 1.165) is 16.9 Å². The quantitative estimate of drug-likeness (QED) is 0.682. The third-order valence-corrected chi connectivity index (χ3v) is 3.95. The molecule has 0 saturated carbocycles. The maximum absolute atomic E-state index is 11.5. The van der Waals surface area contributed by atoms with Crippen LogP contribution in [0.1, 0.15) is 28.4 Å². The molecule has 0 radical (unpaired) electrons. The summed E-state index contributed by atoms with van der Waals surface area (Å²) in [7, 11) is 0. The summed E-state index contributed by atoms with van der Waals surface area (Å²) in [6.07, 6.45) is 1.57. The molecule has 6 heteroatoms. The highest BCUT2D eigenvalue weighted by Crippen LogP contribution is 2.22. The van der Waals surface area contributed by atoms with E-state index in [4.69, 9.17) is 0 Å². The Kier molecular flexibility index (Phi) is 4.70. The van der Waals surface area contributed by atoms with Crippen LogP contribution in [0.25, 0.3) is 0 Å². The van der Waals surface area contributed by atoms with Gasteiger partial charge < -0.3 is 10.6 Å². The van der Waals surface area contributed by atoms with Crippen molar-refractivity contribution < 1.29 is 4.79 Å². The number of hydrogen-bond donors (Lipinski definition) is 2. The molecular formula is C19H19N5O. The van der Waals surface area contributed by atoms with Crippen LogP contribution in [0.4, 0.5) is 23.1 Å². The van der Waals surface area contributed by atoms with E-state index in [9.17, 15) is 4.79 Å². The molecule has 0 aliphatic heterocycles. The Hall–Kier alpha value is -3.28. The number of anilines is 4. The van der Waals surface area contributed by atoms with Gasteiger partial charge in [0.2, 0.25) is 5.95 Å². The molecular weight excluding hydrogens is 314 g/mol. The number of Topliss-reactive ketones (excluding diaryl/α,β-unsaturated/α-hetero) is 1. The molecule has 0 atom stereocenters. The molecule has 25 heavy (non-hydrogen) atoms. The molecule has 2 aromatic carbocycles. The summed E-state index contributed by atoms with van der Waals surface area (Å²) < 4.78 is 0. The van der Waals surface area contributed by atoms with Crippen molar-refractivity contribution in [1.29, 1.82) is 0 Å². The second-order valence-electron chi connectivity index (χ2n) is 5.80. The first-order chi connectivity index (χ1) is 12.0. The first kappa shape index (κ1) is 16.6. The average Bonchev–Trinajstić information content (AvgIpc) is 2.59. The van der Waals surface area contributed by atoms with Crippen LogP contribution in [0.5, 0.6) is 0 Å². The summed E-state index contributed by atoms with van der Waals surface area (Å²) in [4.78, 5) is 15.9. The molecule has 0 saturated heterocycles. The van der Waals surface area contributed by atoms with E-state index >= 15 is 0 Å². The summed E-state index contributed by atoms with van der Waals surface area (Å²) in [6.45, 7) is 5.65. The van der Waals surface area contributed by atoms with Gasteiger partial charge in [-0.15, -0.1) is 5.10 Å². The third-order valence-electron chi connectivity index (χ3n) is 3.95. The topological polar surface area (TPSA) is 79.8 Å². The predicted molar refractivity (Wildman–Crippen MR) is 98.8 cm³/mol. The number of benzene rings is 2. The summed E-state index contributed by atoms with van der Waals surface area (Å²) in [6, 6.07) is 13.2. The minimum absolute atomic E-state index is 0.00744. The Morgan fingerprint density at radius 1 is 1.04 bits per heavy atom. The summed E-state index contributed by atoms with van der Waals surface area (Å²) in [5, 5.41) is 14.3. The van der Waals surface area contributed by atoms with Gasteiger partial charge in [0.25, 0.3) is 0 Å². The molecule has 6 nitrogen and oxygen atoms in total. The molecule has 3 rings (SSSR count). The van der Waals surface area contributed by atoms with Crippen LogP contribution in [0.2, 0.25) is 0 Å². The number of carbonyl (C=O) groups is 1. The number of rotatable bonds is 5. The molecule has 0 bridgehead atoms. The Labute approximate surface area is 146 Å². The van der Waals surface area contributed by atoms with Gasteiger partial charge in [0.05, 0.1) is 6.20 Å². The zero-order valence-corrected chi connectivity index (χ0v) is 14.4. The van der Waals surface area contributed by atoms with E-state index < -0.39 is 0 Å². The number of carbonyl (C=O) groups excluding carboxylic acids is 1. The Balaban J connectivity index is 1.81. The van der Waals surface area contributed by atoms with Gasteiger partial charge >= 0.3 is 0 Å². The highest BCUT2D eigenvalue weighted by atomic mass is 16.1. The normalized spacial score (nSPS) is 10.4. The maximum Gasteiger partial charge on any atom is 0.249 e. The summed E-state index contributed by atoms with van der Waals surface area (Å²) in [5.74, 6) is 0.956. The Morgan fingerprint density at radius 2 is 1.84 bits per heavy atom. The lowest BCUT2D eigenvalue weighted by molar-refractivity contribution is 0.101. The van der Waals surface area contributed by atoms with Crippen LogP contribution in [-0.4, -0.2) is 21.0 Å². The van der Waals surface area contributed by atoms with Crippen LogP contribution in [0.3, 0.4) is 0 Å². The van der Waals surface area contributed by atoms with Gasteiger partial charge in [-0.2, -0.15) is 10.1 Å². The second kappa shape index (κ2) is 7.09. The van der Waals surface area contributed by atoms with Crippen LogP contribution in [0, 0.1) is 13.8 Å². The van der Waals surface area contributed by atoms with Gasteiger partial charge in [-0.05, 0) is 50.1 Å². The Morgan fingerprint density at radius 3 is 2.64 bits per heavy atom. The molecule has 1 aromatic heterocycles. The lowest BCUT2D eigenvalue weighted by Gasteiger charge is -2.11. The van der Waals surface area contributed by atoms with Crippen molar-refractivity contribution in [2.45, 2.75) is 20.8 Å². The van der Waals surface area contributed by atoms with Crippen LogP contribution in [0.15, 0.2) is 48.7 Å². The monoisotopic (exact) mass is 333 g/mol. The maximum atomic E-state index is 11.5. The SMILES string of the molecule is CC(=O)c1cccc(Nc2nncc(Nc3cccc(C)c3C)n2)c1. The minimum Gasteiger partial charge on any atom is -0.339 e. The summed E-state index contributed by atoms with van der Waals surface area (Å²) >= 11 is 0. The number of aryl methyl sites for hydroxylation is 1. The minimum atomic E-state index is 0.00744. The van der Waals surface area contributed by atoms with E-state index in [1.54, 1.807) is 18.3 Å². The van der Waals surface area contributed by atoms with Gasteiger partial charge in [0.1, 0.15) is 0 Å². The number of nitrogens with one attached hydrogen (secondary N) is 2. The van der Waals surface area contributed by atoms with Crippen LogP contribution < -0.4 is 10.6 Å². The average molecular weight is 333 g/mol. The van der Waals surface area contributed by atoms with Crippen LogP contribution in [-0.2, 0) is 0 Å². The van der Waals surface area contributed by atoms with E-state index in [2.05, 4.69) is 45.7 Å². The molecule has 0 spiro atoms. The van der Waals surface area contributed by atoms with E-state index in [1.807, 2.05) is 24.3 Å². The van der Waals surface area contributed by atoms with Crippen molar-refractivity contribution in [1.82, 2.24) is 15.2 Å². The molecule has 0 fully saturated rings. The molecule has 1 heterocycles. The lowest BCUT2D eigenvalue weighted by atomic mass is 10.1. The fourth-order valence-electron chi connectivity index (χ4n) is 2.39. The smallest absolute Gasteiger partial charge is 0.249 e. The molecule has 0 amide bonds. The standard InChI is InChI=1S/C19H19N5O/c1-12-6-4-9-17(13(12)2)22-18-11-20-24-19(23-18)21-16-8-5-7-15(10-16)14(3)25/h4-11H,1-3H3,(H2,21,22,23,24). The van der Waals surface area contributed by atoms with Crippen LogP contribution >= 0.6 is 0 Å². The van der Waals surface area contributed by atoms with Crippen molar-refractivity contribution in [3.8, 4) is 0 Å². The molecule has 126 valence electrons. The molecule has 3 aromatic rings. The lowest BCUT2D eigenvalue weighted by Crippen LogP contribution is -2.04. The fourth-order valence-corrected chi connectivity index (χ4v) is 2.39. The Bertz CT molecular complexity index is 923. The number of hydrogen-bond acceptors (Lipinski definition) is 6. The second-order valence-corrected chi connectivity index (χ2v) is 5.80. The molecule has 0 aliphatic rings.